The molecule has 0 aromatic heterocycles. The van der Waals surface area contributed by atoms with Crippen molar-refractivity contribution in [1.29, 1.82) is 0 Å². The first-order valence-electron chi connectivity index (χ1n) is 7.29. The summed E-state index contributed by atoms with van der Waals surface area (Å²) < 4.78 is 23.1. The average Bonchev–Trinajstić information content (AvgIpc) is 2.59. The largest absolute Gasteiger partial charge is 0.325 e. The number of urea groups is 1. The van der Waals surface area contributed by atoms with Gasteiger partial charge in [-0.15, -0.1) is 0 Å². The molecule has 2 heterocycles. The summed E-state index contributed by atoms with van der Waals surface area (Å²) in [6, 6.07) is -0.0859. The predicted octanol–water partition coefficient (Wildman–Crippen LogP) is 1.49. The minimum Gasteiger partial charge on any atom is -0.325 e. The molecule has 2 rings (SSSR count). The van der Waals surface area contributed by atoms with E-state index in [2.05, 4.69) is 0 Å². The number of hydrogen-bond donors (Lipinski definition) is 0. The molecule has 2 amide bonds. The Morgan fingerprint density at radius 2 is 1.84 bits per heavy atom. The highest BCUT2D eigenvalue weighted by atomic mass is 32.2. The second kappa shape index (κ2) is 6.11. The van der Waals surface area contributed by atoms with Crippen molar-refractivity contribution < 1.29 is 13.2 Å². The molecule has 0 spiro atoms. The minimum absolute atomic E-state index is 0.0338. The average molecular weight is 288 g/mol. The Morgan fingerprint density at radius 3 is 2.32 bits per heavy atom. The van der Waals surface area contributed by atoms with Crippen LogP contribution in [0.3, 0.4) is 0 Å². The molecule has 0 aromatic carbocycles. The van der Waals surface area contributed by atoms with E-state index in [1.54, 1.807) is 4.90 Å². The Kier molecular flexibility index (Phi) is 4.71. The van der Waals surface area contributed by atoms with Crippen LogP contribution in [0.25, 0.3) is 0 Å². The van der Waals surface area contributed by atoms with Crippen molar-refractivity contribution in [3.05, 3.63) is 0 Å². The fourth-order valence-electron chi connectivity index (χ4n) is 3.01. The van der Waals surface area contributed by atoms with Crippen molar-refractivity contribution in [2.75, 3.05) is 31.1 Å². The number of amides is 2. The lowest BCUT2D eigenvalue weighted by Gasteiger charge is -2.32. The van der Waals surface area contributed by atoms with Gasteiger partial charge in [-0.25, -0.2) is 13.2 Å². The van der Waals surface area contributed by atoms with Crippen LogP contribution in [0.5, 0.6) is 0 Å². The van der Waals surface area contributed by atoms with Crippen LogP contribution in [0.1, 0.15) is 39.0 Å². The number of sulfone groups is 1. The highest BCUT2D eigenvalue weighted by Crippen LogP contribution is 2.20. The zero-order valence-electron chi connectivity index (χ0n) is 11.7. The summed E-state index contributed by atoms with van der Waals surface area (Å²) in [6.45, 7) is 4.15. The lowest BCUT2D eigenvalue weighted by Crippen LogP contribution is -2.48. The van der Waals surface area contributed by atoms with E-state index in [-0.39, 0.29) is 23.6 Å². The van der Waals surface area contributed by atoms with Crippen molar-refractivity contribution in [2.24, 2.45) is 0 Å². The summed E-state index contributed by atoms with van der Waals surface area (Å²) in [5.41, 5.74) is 0. The summed E-state index contributed by atoms with van der Waals surface area (Å²) in [5, 5.41) is 0. The molecular weight excluding hydrogens is 264 g/mol. The molecule has 5 nitrogen and oxygen atoms in total. The number of likely N-dealkylation sites (tertiary alicyclic amines) is 1. The van der Waals surface area contributed by atoms with Crippen molar-refractivity contribution in [3.8, 4) is 0 Å². The zero-order chi connectivity index (χ0) is 13.9. The van der Waals surface area contributed by atoms with Crippen LogP contribution < -0.4 is 0 Å². The van der Waals surface area contributed by atoms with Crippen molar-refractivity contribution in [3.63, 3.8) is 0 Å². The normalized spacial score (nSPS) is 27.0. The maximum atomic E-state index is 12.5. The number of nitrogens with zero attached hydrogens (tertiary/aromatic N) is 2. The van der Waals surface area contributed by atoms with Gasteiger partial charge in [-0.05, 0) is 26.2 Å². The van der Waals surface area contributed by atoms with E-state index in [0.29, 0.717) is 13.0 Å². The number of carbonyl (C=O) groups is 1. The quantitative estimate of drug-likeness (QED) is 0.773. The highest BCUT2D eigenvalue weighted by Gasteiger charge is 2.35. The maximum absolute atomic E-state index is 12.5. The summed E-state index contributed by atoms with van der Waals surface area (Å²) in [7, 11) is -2.93. The van der Waals surface area contributed by atoms with E-state index in [4.69, 9.17) is 0 Å². The summed E-state index contributed by atoms with van der Waals surface area (Å²) in [5.74, 6) is 0.363. The van der Waals surface area contributed by atoms with Gasteiger partial charge in [0, 0.05) is 25.7 Å². The van der Waals surface area contributed by atoms with Crippen LogP contribution in [0, 0.1) is 0 Å². The van der Waals surface area contributed by atoms with Crippen LogP contribution in [0.4, 0.5) is 4.79 Å². The van der Waals surface area contributed by atoms with Gasteiger partial charge in [0.05, 0.1) is 11.5 Å². The highest BCUT2D eigenvalue weighted by molar-refractivity contribution is 7.91. The third kappa shape index (κ3) is 3.61. The van der Waals surface area contributed by atoms with Gasteiger partial charge in [0.1, 0.15) is 0 Å². The Hall–Kier alpha value is -0.780. The van der Waals surface area contributed by atoms with Crippen LogP contribution >= 0.6 is 0 Å². The lowest BCUT2D eigenvalue weighted by molar-refractivity contribution is 0.142. The van der Waals surface area contributed by atoms with E-state index < -0.39 is 9.84 Å². The zero-order valence-corrected chi connectivity index (χ0v) is 12.5. The van der Waals surface area contributed by atoms with Gasteiger partial charge in [0.25, 0.3) is 0 Å². The van der Waals surface area contributed by atoms with E-state index in [9.17, 15) is 13.2 Å². The Labute approximate surface area is 115 Å². The minimum atomic E-state index is -2.93. The van der Waals surface area contributed by atoms with Gasteiger partial charge in [-0.2, -0.15) is 0 Å². The molecule has 1 unspecified atom stereocenters. The Bertz CT molecular complexity index is 414. The maximum Gasteiger partial charge on any atom is 0.320 e. The van der Waals surface area contributed by atoms with Crippen molar-refractivity contribution >= 4 is 15.9 Å². The fraction of sp³-hybridized carbons (Fsp3) is 0.923. The SMILES string of the molecule is CCN(C(=O)N1CCCCCC1)C1CCS(=O)(=O)C1. The van der Waals surface area contributed by atoms with Crippen LogP contribution in [-0.4, -0.2) is 61.4 Å². The second-order valence-corrected chi connectivity index (χ2v) is 7.76. The summed E-state index contributed by atoms with van der Waals surface area (Å²) >= 11 is 0. The molecule has 1 atom stereocenters. The molecule has 0 radical (unpaired) electrons. The van der Waals surface area contributed by atoms with E-state index in [1.807, 2.05) is 11.8 Å². The topological polar surface area (TPSA) is 57.7 Å². The molecule has 2 aliphatic rings. The third-order valence-corrected chi connectivity index (χ3v) is 5.86. The first kappa shape index (κ1) is 14.6. The fourth-order valence-corrected chi connectivity index (χ4v) is 4.75. The van der Waals surface area contributed by atoms with Gasteiger partial charge in [-0.1, -0.05) is 12.8 Å². The predicted molar refractivity (Wildman–Crippen MR) is 74.9 cm³/mol. The first-order valence-corrected chi connectivity index (χ1v) is 9.11. The Balaban J connectivity index is 2.02. The molecule has 110 valence electrons. The van der Waals surface area contributed by atoms with Gasteiger partial charge in [0.2, 0.25) is 0 Å². The summed E-state index contributed by atoms with van der Waals surface area (Å²) in [6.07, 6.45) is 5.09. The molecule has 0 aromatic rings. The molecule has 2 aliphatic heterocycles. The van der Waals surface area contributed by atoms with E-state index in [0.717, 1.165) is 25.9 Å². The molecule has 6 heteroatoms. The number of hydrogen-bond acceptors (Lipinski definition) is 3. The number of rotatable bonds is 2. The summed E-state index contributed by atoms with van der Waals surface area (Å²) in [4.78, 5) is 16.2. The van der Waals surface area contributed by atoms with Crippen molar-refractivity contribution in [1.82, 2.24) is 9.80 Å². The van der Waals surface area contributed by atoms with Gasteiger partial charge >= 0.3 is 6.03 Å². The smallest absolute Gasteiger partial charge is 0.320 e. The first-order chi connectivity index (χ1) is 9.03. The monoisotopic (exact) mass is 288 g/mol. The second-order valence-electron chi connectivity index (χ2n) is 5.53. The Morgan fingerprint density at radius 1 is 1.21 bits per heavy atom. The van der Waals surface area contributed by atoms with Crippen molar-refractivity contribution in [2.45, 2.75) is 45.1 Å². The molecule has 2 saturated heterocycles. The number of carbonyl (C=O) groups excluding carboxylic acids is 1. The molecule has 0 bridgehead atoms. The van der Waals surface area contributed by atoms with E-state index >= 15 is 0 Å². The van der Waals surface area contributed by atoms with Gasteiger partial charge in [0.15, 0.2) is 9.84 Å². The van der Waals surface area contributed by atoms with Gasteiger partial charge in [-0.3, -0.25) is 0 Å². The van der Waals surface area contributed by atoms with E-state index in [1.165, 1.54) is 12.8 Å². The molecular formula is C13H24N2O3S. The van der Waals surface area contributed by atoms with Gasteiger partial charge < -0.3 is 9.80 Å². The molecule has 0 saturated carbocycles. The lowest BCUT2D eigenvalue weighted by atomic mass is 10.2. The van der Waals surface area contributed by atoms with Crippen LogP contribution in [-0.2, 0) is 9.84 Å². The molecule has 0 aliphatic carbocycles. The standard InChI is InChI=1S/C13H24N2O3S/c1-2-15(12-7-10-19(17,18)11-12)13(16)14-8-5-3-4-6-9-14/h12H,2-11H2,1H3. The molecule has 19 heavy (non-hydrogen) atoms. The van der Waals surface area contributed by atoms with Crippen LogP contribution in [0.15, 0.2) is 0 Å². The van der Waals surface area contributed by atoms with Crippen LogP contribution in [0.2, 0.25) is 0 Å². The molecule has 0 N–H and O–H groups in total. The third-order valence-electron chi connectivity index (χ3n) is 4.11. The molecule has 2 fully saturated rings.